The number of likely N-dealkylation sites (N-methyl/N-ethyl adjacent to an activating group) is 1. The van der Waals surface area contributed by atoms with Crippen LogP contribution in [0.1, 0.15) is 5.56 Å². The van der Waals surface area contributed by atoms with Crippen LogP contribution in [-0.2, 0) is 6.54 Å². The summed E-state index contributed by atoms with van der Waals surface area (Å²) in [6.07, 6.45) is 3.58. The summed E-state index contributed by atoms with van der Waals surface area (Å²) in [7, 11) is 4.07. The van der Waals surface area contributed by atoms with Gasteiger partial charge in [-0.25, -0.2) is 0 Å². The number of benzene rings is 1. The zero-order valence-corrected chi connectivity index (χ0v) is 15.1. The molecule has 7 heteroatoms. The monoisotopic (exact) mass is 349 g/mol. The Hall–Kier alpha value is -3.06. The zero-order chi connectivity index (χ0) is 18.2. The van der Waals surface area contributed by atoms with Gasteiger partial charge in [-0.2, -0.15) is 15.0 Å². The Balaban J connectivity index is 1.80. The third-order valence-corrected chi connectivity index (χ3v) is 3.68. The van der Waals surface area contributed by atoms with Gasteiger partial charge in [-0.15, -0.1) is 0 Å². The lowest BCUT2D eigenvalue weighted by Gasteiger charge is -2.12. The van der Waals surface area contributed by atoms with Crippen LogP contribution in [0.25, 0.3) is 11.4 Å². The first-order chi connectivity index (χ1) is 12.7. The second-order valence-corrected chi connectivity index (χ2v) is 6.12. The van der Waals surface area contributed by atoms with Crippen LogP contribution in [0.3, 0.4) is 0 Å². The molecule has 26 heavy (non-hydrogen) atoms. The molecule has 0 amide bonds. The molecule has 2 heterocycles. The molecule has 0 spiro atoms. The van der Waals surface area contributed by atoms with Gasteiger partial charge in [0, 0.05) is 37.6 Å². The second kappa shape index (κ2) is 8.87. The number of hydrogen-bond donors (Lipinski definition) is 2. The van der Waals surface area contributed by atoms with Crippen LogP contribution in [0.15, 0.2) is 54.9 Å². The van der Waals surface area contributed by atoms with Crippen molar-refractivity contribution >= 4 is 11.9 Å². The van der Waals surface area contributed by atoms with Crippen molar-refractivity contribution in [3.63, 3.8) is 0 Å². The molecule has 2 aromatic heterocycles. The van der Waals surface area contributed by atoms with Gasteiger partial charge in [-0.1, -0.05) is 36.4 Å². The van der Waals surface area contributed by atoms with Crippen LogP contribution >= 0.6 is 0 Å². The van der Waals surface area contributed by atoms with Gasteiger partial charge in [-0.3, -0.25) is 4.98 Å². The fourth-order valence-corrected chi connectivity index (χ4v) is 2.33. The van der Waals surface area contributed by atoms with E-state index in [1.165, 1.54) is 0 Å². The van der Waals surface area contributed by atoms with Gasteiger partial charge < -0.3 is 15.5 Å². The van der Waals surface area contributed by atoms with Gasteiger partial charge in [0.25, 0.3) is 0 Å². The summed E-state index contributed by atoms with van der Waals surface area (Å²) in [4.78, 5) is 19.8. The van der Waals surface area contributed by atoms with Crippen molar-refractivity contribution in [2.45, 2.75) is 6.54 Å². The molecule has 0 bridgehead atoms. The Morgan fingerprint density at radius 3 is 2.35 bits per heavy atom. The number of aromatic nitrogens is 4. The molecule has 1 aromatic carbocycles. The highest BCUT2D eigenvalue weighted by Gasteiger charge is 2.08. The molecule has 0 saturated carbocycles. The minimum atomic E-state index is 0.537. The highest BCUT2D eigenvalue weighted by atomic mass is 15.2. The number of anilines is 2. The molecular formula is C19H23N7. The van der Waals surface area contributed by atoms with E-state index in [2.05, 4.69) is 35.5 Å². The second-order valence-electron chi connectivity index (χ2n) is 6.12. The summed E-state index contributed by atoms with van der Waals surface area (Å²) in [5.41, 5.74) is 2.02. The van der Waals surface area contributed by atoms with Crippen molar-refractivity contribution < 1.29 is 0 Å². The van der Waals surface area contributed by atoms with Crippen LogP contribution in [0.5, 0.6) is 0 Å². The molecular weight excluding hydrogens is 326 g/mol. The highest BCUT2D eigenvalue weighted by Crippen LogP contribution is 2.17. The van der Waals surface area contributed by atoms with Crippen molar-refractivity contribution in [3.8, 4) is 11.4 Å². The molecule has 0 atom stereocenters. The number of rotatable bonds is 8. The first kappa shape index (κ1) is 17.8. The van der Waals surface area contributed by atoms with E-state index in [0.717, 1.165) is 24.2 Å². The SMILES string of the molecule is CN(C)CCNc1nc(NCc2cccnc2)nc(-c2ccccc2)n1. The van der Waals surface area contributed by atoms with Crippen molar-refractivity contribution in [1.82, 2.24) is 24.8 Å². The number of hydrogen-bond acceptors (Lipinski definition) is 7. The van der Waals surface area contributed by atoms with Crippen molar-refractivity contribution in [3.05, 3.63) is 60.4 Å². The van der Waals surface area contributed by atoms with Gasteiger partial charge in [-0.05, 0) is 25.7 Å². The molecule has 0 saturated heterocycles. The minimum Gasteiger partial charge on any atom is -0.353 e. The van der Waals surface area contributed by atoms with Gasteiger partial charge >= 0.3 is 0 Å². The largest absolute Gasteiger partial charge is 0.353 e. The maximum absolute atomic E-state index is 4.56. The standard InChI is InChI=1S/C19H23N7/c1-26(2)12-11-21-18-23-17(16-8-4-3-5-9-16)24-19(25-18)22-14-15-7-6-10-20-13-15/h3-10,13H,11-12,14H2,1-2H3,(H2,21,22,23,24,25). The molecule has 2 N–H and O–H groups in total. The Morgan fingerprint density at radius 1 is 0.885 bits per heavy atom. The van der Waals surface area contributed by atoms with E-state index in [4.69, 9.17) is 0 Å². The maximum atomic E-state index is 4.56. The normalized spacial score (nSPS) is 10.7. The average molecular weight is 349 g/mol. The van der Waals surface area contributed by atoms with Crippen LogP contribution < -0.4 is 10.6 Å². The number of pyridine rings is 1. The van der Waals surface area contributed by atoms with Crippen molar-refractivity contribution in [2.75, 3.05) is 37.8 Å². The van der Waals surface area contributed by atoms with Crippen molar-refractivity contribution in [1.29, 1.82) is 0 Å². The third-order valence-electron chi connectivity index (χ3n) is 3.68. The van der Waals surface area contributed by atoms with E-state index in [9.17, 15) is 0 Å². The lowest BCUT2D eigenvalue weighted by atomic mass is 10.2. The van der Waals surface area contributed by atoms with E-state index >= 15 is 0 Å². The summed E-state index contributed by atoms with van der Waals surface area (Å²) in [6, 6.07) is 13.8. The molecule has 0 aliphatic heterocycles. The van der Waals surface area contributed by atoms with Crippen LogP contribution in [-0.4, -0.2) is 52.0 Å². The Labute approximate surface area is 153 Å². The van der Waals surface area contributed by atoms with Crippen LogP contribution in [0.4, 0.5) is 11.9 Å². The van der Waals surface area contributed by atoms with Gasteiger partial charge in [0.05, 0.1) is 0 Å². The summed E-state index contributed by atoms with van der Waals surface area (Å²) in [6.45, 7) is 2.25. The number of nitrogens with one attached hydrogen (secondary N) is 2. The van der Waals surface area contributed by atoms with E-state index < -0.39 is 0 Å². The highest BCUT2D eigenvalue weighted by molar-refractivity contribution is 5.57. The molecule has 3 aromatic rings. The third kappa shape index (κ3) is 5.22. The lowest BCUT2D eigenvalue weighted by molar-refractivity contribution is 0.425. The van der Waals surface area contributed by atoms with Crippen LogP contribution in [0, 0.1) is 0 Å². The molecule has 0 aliphatic carbocycles. The molecule has 7 nitrogen and oxygen atoms in total. The zero-order valence-electron chi connectivity index (χ0n) is 15.1. The average Bonchev–Trinajstić information content (AvgIpc) is 2.67. The van der Waals surface area contributed by atoms with E-state index in [0.29, 0.717) is 24.3 Å². The first-order valence-corrected chi connectivity index (χ1v) is 8.53. The lowest BCUT2D eigenvalue weighted by Crippen LogP contribution is -2.22. The van der Waals surface area contributed by atoms with Gasteiger partial charge in [0.15, 0.2) is 5.82 Å². The Kier molecular flexibility index (Phi) is 6.05. The molecule has 3 rings (SSSR count). The first-order valence-electron chi connectivity index (χ1n) is 8.53. The van der Waals surface area contributed by atoms with Crippen LogP contribution in [0.2, 0.25) is 0 Å². The Morgan fingerprint density at radius 2 is 1.65 bits per heavy atom. The predicted molar refractivity (Wildman–Crippen MR) is 104 cm³/mol. The van der Waals surface area contributed by atoms with Crippen molar-refractivity contribution in [2.24, 2.45) is 0 Å². The quantitative estimate of drug-likeness (QED) is 0.647. The predicted octanol–water partition coefficient (Wildman–Crippen LogP) is 2.52. The van der Waals surface area contributed by atoms with Gasteiger partial charge in [0.2, 0.25) is 11.9 Å². The summed E-state index contributed by atoms with van der Waals surface area (Å²) < 4.78 is 0. The molecule has 0 unspecified atom stereocenters. The summed E-state index contributed by atoms with van der Waals surface area (Å²) in [5, 5.41) is 6.53. The number of nitrogens with zero attached hydrogens (tertiary/aromatic N) is 5. The minimum absolute atomic E-state index is 0.537. The van der Waals surface area contributed by atoms with Gasteiger partial charge in [0.1, 0.15) is 0 Å². The topological polar surface area (TPSA) is 78.9 Å². The van der Waals surface area contributed by atoms with E-state index in [1.54, 1.807) is 6.20 Å². The molecule has 0 radical (unpaired) electrons. The molecule has 134 valence electrons. The molecule has 0 fully saturated rings. The smallest absolute Gasteiger partial charge is 0.228 e. The maximum Gasteiger partial charge on any atom is 0.228 e. The van der Waals surface area contributed by atoms with E-state index in [1.807, 2.05) is 62.8 Å². The van der Waals surface area contributed by atoms with E-state index in [-0.39, 0.29) is 0 Å². The summed E-state index contributed by atoms with van der Waals surface area (Å²) >= 11 is 0. The summed E-state index contributed by atoms with van der Waals surface area (Å²) in [5.74, 6) is 1.74. The Bertz CT molecular complexity index is 807. The fraction of sp³-hybridized carbons (Fsp3) is 0.263. The fourth-order valence-electron chi connectivity index (χ4n) is 2.33. The molecule has 0 aliphatic rings.